The number of aliphatic carboxylic acids is 1. The van der Waals surface area contributed by atoms with Crippen LogP contribution >= 0.6 is 0 Å². The van der Waals surface area contributed by atoms with Crippen molar-refractivity contribution in [2.75, 3.05) is 26.2 Å². The van der Waals surface area contributed by atoms with Crippen molar-refractivity contribution in [1.29, 1.82) is 0 Å². The second kappa shape index (κ2) is 5.98. The van der Waals surface area contributed by atoms with Gasteiger partial charge >= 0.3 is 5.97 Å². The molecule has 0 aromatic rings. The number of unbranched alkanes of at least 4 members (excludes halogenated alkanes) is 1. The molecular formula is C10H19NO3. The summed E-state index contributed by atoms with van der Waals surface area (Å²) in [4.78, 5) is 12.6. The van der Waals surface area contributed by atoms with Crippen molar-refractivity contribution in [2.24, 2.45) is 0 Å². The van der Waals surface area contributed by atoms with E-state index in [-0.39, 0.29) is 0 Å². The first kappa shape index (κ1) is 11.5. The molecule has 0 radical (unpaired) electrons. The van der Waals surface area contributed by atoms with Crippen LogP contribution in [0.25, 0.3) is 0 Å². The van der Waals surface area contributed by atoms with E-state index >= 15 is 0 Å². The Morgan fingerprint density at radius 1 is 1.57 bits per heavy atom. The molecule has 0 saturated carbocycles. The zero-order valence-electron chi connectivity index (χ0n) is 8.74. The van der Waals surface area contributed by atoms with Crippen molar-refractivity contribution >= 4 is 5.97 Å². The highest BCUT2D eigenvalue weighted by atomic mass is 16.5. The van der Waals surface area contributed by atoms with E-state index in [2.05, 4.69) is 11.8 Å². The number of rotatable bonds is 5. The Morgan fingerprint density at radius 3 is 3.00 bits per heavy atom. The molecule has 1 atom stereocenters. The average Bonchev–Trinajstić information content (AvgIpc) is 2.12. The third-order valence-corrected chi connectivity index (χ3v) is 2.44. The van der Waals surface area contributed by atoms with Gasteiger partial charge in [0.25, 0.3) is 0 Å². The SMILES string of the molecule is CC1CN(CCCCC(=O)O)CCO1. The molecule has 1 aliphatic heterocycles. The second-order valence-corrected chi connectivity index (χ2v) is 3.83. The van der Waals surface area contributed by atoms with Crippen LogP contribution in [0.4, 0.5) is 0 Å². The molecule has 1 N–H and O–H groups in total. The number of ether oxygens (including phenoxy) is 1. The highest BCUT2D eigenvalue weighted by molar-refractivity contribution is 5.66. The van der Waals surface area contributed by atoms with Crippen molar-refractivity contribution in [3.05, 3.63) is 0 Å². The summed E-state index contributed by atoms with van der Waals surface area (Å²) in [5, 5.41) is 8.46. The summed E-state index contributed by atoms with van der Waals surface area (Å²) in [7, 11) is 0. The minimum Gasteiger partial charge on any atom is -0.481 e. The molecule has 0 aliphatic carbocycles. The van der Waals surface area contributed by atoms with E-state index in [9.17, 15) is 4.79 Å². The van der Waals surface area contributed by atoms with Crippen LogP contribution < -0.4 is 0 Å². The first-order chi connectivity index (χ1) is 6.68. The van der Waals surface area contributed by atoms with Crippen LogP contribution in [0.2, 0.25) is 0 Å². The molecule has 1 saturated heterocycles. The minimum absolute atomic E-state index is 0.292. The predicted octanol–water partition coefficient (Wildman–Crippen LogP) is 0.962. The molecule has 1 heterocycles. The summed E-state index contributed by atoms with van der Waals surface area (Å²) >= 11 is 0. The van der Waals surface area contributed by atoms with Gasteiger partial charge in [0.1, 0.15) is 0 Å². The lowest BCUT2D eigenvalue weighted by Gasteiger charge is -2.30. The maximum absolute atomic E-state index is 10.3. The van der Waals surface area contributed by atoms with E-state index in [0.717, 1.165) is 39.1 Å². The van der Waals surface area contributed by atoms with Gasteiger partial charge in [-0.05, 0) is 26.3 Å². The topological polar surface area (TPSA) is 49.8 Å². The fourth-order valence-corrected chi connectivity index (χ4v) is 1.71. The van der Waals surface area contributed by atoms with Gasteiger partial charge in [-0.25, -0.2) is 0 Å². The average molecular weight is 201 g/mol. The Bertz CT molecular complexity index is 184. The van der Waals surface area contributed by atoms with Crippen molar-refractivity contribution in [3.8, 4) is 0 Å². The van der Waals surface area contributed by atoms with E-state index in [1.54, 1.807) is 0 Å². The first-order valence-corrected chi connectivity index (χ1v) is 5.24. The Balaban J connectivity index is 2.03. The normalized spacial score (nSPS) is 23.6. The predicted molar refractivity (Wildman–Crippen MR) is 53.3 cm³/mol. The lowest BCUT2D eigenvalue weighted by atomic mass is 10.2. The van der Waals surface area contributed by atoms with Gasteiger partial charge in [0, 0.05) is 19.5 Å². The van der Waals surface area contributed by atoms with Crippen molar-refractivity contribution in [3.63, 3.8) is 0 Å². The zero-order chi connectivity index (χ0) is 10.4. The standard InChI is InChI=1S/C10H19NO3/c1-9-8-11(6-7-14-9)5-3-2-4-10(12)13/h9H,2-8H2,1H3,(H,12,13). The monoisotopic (exact) mass is 201 g/mol. The van der Waals surface area contributed by atoms with Crippen LogP contribution in [0.5, 0.6) is 0 Å². The molecule has 1 rings (SSSR count). The second-order valence-electron chi connectivity index (χ2n) is 3.83. The van der Waals surface area contributed by atoms with Gasteiger partial charge < -0.3 is 9.84 Å². The van der Waals surface area contributed by atoms with E-state index in [1.807, 2.05) is 0 Å². The lowest BCUT2D eigenvalue weighted by molar-refractivity contribution is -0.137. The van der Waals surface area contributed by atoms with Gasteiger partial charge in [-0.3, -0.25) is 9.69 Å². The summed E-state index contributed by atoms with van der Waals surface area (Å²) in [6.45, 7) is 5.84. The van der Waals surface area contributed by atoms with Crippen LogP contribution in [0.15, 0.2) is 0 Å². The van der Waals surface area contributed by atoms with Gasteiger partial charge in [0.05, 0.1) is 12.7 Å². The molecule has 4 nitrogen and oxygen atoms in total. The zero-order valence-corrected chi connectivity index (χ0v) is 8.74. The highest BCUT2D eigenvalue weighted by Crippen LogP contribution is 2.06. The molecule has 0 amide bonds. The first-order valence-electron chi connectivity index (χ1n) is 5.24. The number of morpholine rings is 1. The smallest absolute Gasteiger partial charge is 0.303 e. The van der Waals surface area contributed by atoms with Gasteiger partial charge in [0.15, 0.2) is 0 Å². The van der Waals surface area contributed by atoms with E-state index in [0.29, 0.717) is 12.5 Å². The van der Waals surface area contributed by atoms with E-state index in [1.165, 1.54) is 0 Å². The molecule has 4 heteroatoms. The van der Waals surface area contributed by atoms with Crippen LogP contribution in [-0.4, -0.2) is 48.3 Å². The van der Waals surface area contributed by atoms with E-state index < -0.39 is 5.97 Å². The summed E-state index contributed by atoms with van der Waals surface area (Å²) in [6, 6.07) is 0. The lowest BCUT2D eigenvalue weighted by Crippen LogP contribution is -2.41. The van der Waals surface area contributed by atoms with Crippen molar-refractivity contribution in [1.82, 2.24) is 4.90 Å². The summed E-state index contributed by atoms with van der Waals surface area (Å²) < 4.78 is 5.42. The molecule has 0 aromatic carbocycles. The molecule has 1 fully saturated rings. The maximum atomic E-state index is 10.3. The fraction of sp³-hybridized carbons (Fsp3) is 0.900. The summed E-state index contributed by atoms with van der Waals surface area (Å²) in [5.74, 6) is -0.694. The molecule has 0 bridgehead atoms. The molecule has 0 spiro atoms. The van der Waals surface area contributed by atoms with Crippen LogP contribution in [0.3, 0.4) is 0 Å². The van der Waals surface area contributed by atoms with Crippen LogP contribution in [0.1, 0.15) is 26.2 Å². The molecule has 1 aliphatic rings. The minimum atomic E-state index is -0.694. The van der Waals surface area contributed by atoms with Gasteiger partial charge in [-0.2, -0.15) is 0 Å². The van der Waals surface area contributed by atoms with Crippen molar-refractivity contribution in [2.45, 2.75) is 32.3 Å². The number of nitrogens with zero attached hydrogens (tertiary/aromatic N) is 1. The van der Waals surface area contributed by atoms with Gasteiger partial charge in [0.2, 0.25) is 0 Å². The fourth-order valence-electron chi connectivity index (χ4n) is 1.71. The number of hydrogen-bond acceptors (Lipinski definition) is 3. The molecule has 0 aromatic heterocycles. The molecule has 1 unspecified atom stereocenters. The molecule has 14 heavy (non-hydrogen) atoms. The Hall–Kier alpha value is -0.610. The number of hydrogen-bond donors (Lipinski definition) is 1. The Labute approximate surface area is 84.8 Å². The highest BCUT2D eigenvalue weighted by Gasteiger charge is 2.15. The maximum Gasteiger partial charge on any atom is 0.303 e. The number of carboxylic acid groups (broad SMARTS) is 1. The molecule has 82 valence electrons. The van der Waals surface area contributed by atoms with Crippen molar-refractivity contribution < 1.29 is 14.6 Å². The summed E-state index contributed by atoms with van der Waals surface area (Å²) in [6.07, 6.45) is 2.36. The quantitative estimate of drug-likeness (QED) is 0.673. The van der Waals surface area contributed by atoms with E-state index in [4.69, 9.17) is 9.84 Å². The van der Waals surface area contributed by atoms with Crippen LogP contribution in [0, 0.1) is 0 Å². The molecular weight excluding hydrogens is 182 g/mol. The third kappa shape index (κ3) is 4.58. The Morgan fingerprint density at radius 2 is 2.36 bits per heavy atom. The van der Waals surface area contributed by atoms with Crippen LogP contribution in [-0.2, 0) is 9.53 Å². The number of carboxylic acids is 1. The van der Waals surface area contributed by atoms with Gasteiger partial charge in [-0.1, -0.05) is 0 Å². The Kier molecular flexibility index (Phi) is 4.90. The number of carbonyl (C=O) groups is 1. The third-order valence-electron chi connectivity index (χ3n) is 2.44. The van der Waals surface area contributed by atoms with Gasteiger partial charge in [-0.15, -0.1) is 0 Å². The summed E-state index contributed by atoms with van der Waals surface area (Å²) in [5.41, 5.74) is 0. The largest absolute Gasteiger partial charge is 0.481 e.